The van der Waals surface area contributed by atoms with Crippen LogP contribution in [0.25, 0.3) is 0 Å². The van der Waals surface area contributed by atoms with Gasteiger partial charge in [0.05, 0.1) is 5.69 Å². The lowest BCUT2D eigenvalue weighted by Crippen LogP contribution is -2.09. The number of nitrogen functional groups attached to an aromatic ring is 1. The summed E-state index contributed by atoms with van der Waals surface area (Å²) in [5.41, 5.74) is 3.61. The molecule has 1 fully saturated rings. The molecule has 0 aliphatic heterocycles. The first-order chi connectivity index (χ1) is 6.03. The summed E-state index contributed by atoms with van der Waals surface area (Å²) in [5.74, 6) is 0.0400. The Morgan fingerprint density at radius 1 is 1.62 bits per heavy atom. The number of hydrogen-bond acceptors (Lipinski definition) is 3. The largest absolute Gasteiger partial charge is 0.423 e. The fourth-order valence-corrected chi connectivity index (χ4v) is 1.27. The molecule has 0 saturated heterocycles. The highest BCUT2D eigenvalue weighted by molar-refractivity contribution is 9.10. The molecule has 0 unspecified atom stereocenters. The standard InChI is InChI=1S/C8H7BrFNO2/c9-6-4(11)3-5(13-7(6)12)8(10)1-2-8/h3H,1-2,11H2. The third-order valence-corrected chi connectivity index (χ3v) is 2.83. The summed E-state index contributed by atoms with van der Waals surface area (Å²) in [4.78, 5) is 11.1. The highest BCUT2D eigenvalue weighted by Gasteiger charge is 2.48. The molecule has 3 nitrogen and oxygen atoms in total. The highest BCUT2D eigenvalue weighted by atomic mass is 79.9. The van der Waals surface area contributed by atoms with Gasteiger partial charge in [-0.05, 0) is 28.8 Å². The maximum atomic E-state index is 13.4. The van der Waals surface area contributed by atoms with Crippen LogP contribution < -0.4 is 11.4 Å². The van der Waals surface area contributed by atoms with Crippen LogP contribution in [0, 0.1) is 0 Å². The Labute approximate surface area is 81.9 Å². The van der Waals surface area contributed by atoms with Crippen molar-refractivity contribution in [2.24, 2.45) is 0 Å². The van der Waals surface area contributed by atoms with Crippen molar-refractivity contribution in [2.75, 3.05) is 5.73 Å². The minimum Gasteiger partial charge on any atom is -0.423 e. The molecule has 13 heavy (non-hydrogen) atoms. The fourth-order valence-electron chi connectivity index (χ4n) is 1.07. The van der Waals surface area contributed by atoms with Gasteiger partial charge in [0.15, 0.2) is 5.67 Å². The van der Waals surface area contributed by atoms with Crippen LogP contribution in [-0.4, -0.2) is 0 Å². The molecular formula is C8H7BrFNO2. The molecule has 1 saturated carbocycles. The van der Waals surface area contributed by atoms with Gasteiger partial charge in [-0.2, -0.15) is 0 Å². The first-order valence-electron chi connectivity index (χ1n) is 3.81. The van der Waals surface area contributed by atoms with Crippen molar-refractivity contribution in [3.63, 3.8) is 0 Å². The second-order valence-electron chi connectivity index (χ2n) is 3.13. The number of anilines is 1. The van der Waals surface area contributed by atoms with Crippen molar-refractivity contribution in [1.82, 2.24) is 0 Å². The minimum absolute atomic E-state index is 0.0400. The van der Waals surface area contributed by atoms with Gasteiger partial charge >= 0.3 is 5.63 Å². The van der Waals surface area contributed by atoms with Crippen LogP contribution >= 0.6 is 15.9 Å². The molecule has 0 radical (unpaired) electrons. The molecule has 0 bridgehead atoms. The van der Waals surface area contributed by atoms with Gasteiger partial charge in [-0.1, -0.05) is 0 Å². The zero-order chi connectivity index (χ0) is 9.64. The molecular weight excluding hydrogens is 241 g/mol. The monoisotopic (exact) mass is 247 g/mol. The number of nitrogens with two attached hydrogens (primary N) is 1. The first-order valence-corrected chi connectivity index (χ1v) is 4.61. The first kappa shape index (κ1) is 8.74. The Morgan fingerprint density at radius 2 is 2.23 bits per heavy atom. The smallest absolute Gasteiger partial charge is 0.352 e. The molecule has 1 aliphatic rings. The average Bonchev–Trinajstić information content (AvgIpc) is 2.80. The zero-order valence-corrected chi connectivity index (χ0v) is 8.23. The molecule has 1 aliphatic carbocycles. The lowest BCUT2D eigenvalue weighted by molar-refractivity contribution is 0.250. The highest BCUT2D eigenvalue weighted by Crippen LogP contribution is 2.49. The van der Waals surface area contributed by atoms with Crippen LogP contribution in [0.2, 0.25) is 0 Å². The number of hydrogen-bond donors (Lipinski definition) is 1. The Bertz CT molecular complexity index is 411. The van der Waals surface area contributed by atoms with Crippen molar-refractivity contribution in [3.8, 4) is 0 Å². The Balaban J connectivity index is 2.56. The van der Waals surface area contributed by atoms with Crippen LogP contribution in [0.1, 0.15) is 18.6 Å². The second-order valence-corrected chi connectivity index (χ2v) is 3.93. The van der Waals surface area contributed by atoms with Gasteiger partial charge in [0.2, 0.25) is 0 Å². The molecule has 1 aromatic heterocycles. The summed E-state index contributed by atoms with van der Waals surface area (Å²) >= 11 is 2.95. The van der Waals surface area contributed by atoms with E-state index in [1.54, 1.807) is 0 Å². The third kappa shape index (κ3) is 1.37. The molecule has 0 amide bonds. The van der Waals surface area contributed by atoms with E-state index in [2.05, 4.69) is 15.9 Å². The number of alkyl halides is 1. The van der Waals surface area contributed by atoms with Crippen LogP contribution in [0.5, 0.6) is 0 Å². The van der Waals surface area contributed by atoms with Crippen molar-refractivity contribution in [1.29, 1.82) is 0 Å². The van der Waals surface area contributed by atoms with E-state index in [0.29, 0.717) is 12.8 Å². The lowest BCUT2D eigenvalue weighted by Gasteiger charge is -2.04. The van der Waals surface area contributed by atoms with Crippen molar-refractivity contribution in [2.45, 2.75) is 18.5 Å². The molecule has 0 atom stereocenters. The molecule has 0 spiro atoms. The van der Waals surface area contributed by atoms with Gasteiger partial charge in [0, 0.05) is 6.07 Å². The molecule has 70 valence electrons. The van der Waals surface area contributed by atoms with E-state index >= 15 is 0 Å². The van der Waals surface area contributed by atoms with E-state index < -0.39 is 11.3 Å². The molecule has 2 N–H and O–H groups in total. The van der Waals surface area contributed by atoms with Gasteiger partial charge in [-0.3, -0.25) is 0 Å². The van der Waals surface area contributed by atoms with Crippen LogP contribution in [0.4, 0.5) is 10.1 Å². The van der Waals surface area contributed by atoms with Gasteiger partial charge in [-0.25, -0.2) is 9.18 Å². The average molecular weight is 248 g/mol. The summed E-state index contributed by atoms with van der Waals surface area (Å²) in [5, 5.41) is 0. The topological polar surface area (TPSA) is 56.2 Å². The van der Waals surface area contributed by atoms with Gasteiger partial charge < -0.3 is 10.2 Å². The lowest BCUT2D eigenvalue weighted by atomic mass is 10.2. The molecule has 5 heteroatoms. The van der Waals surface area contributed by atoms with E-state index in [-0.39, 0.29) is 15.9 Å². The van der Waals surface area contributed by atoms with Crippen LogP contribution in [0.3, 0.4) is 0 Å². The minimum atomic E-state index is -1.45. The summed E-state index contributed by atoms with van der Waals surface area (Å²) in [6.07, 6.45) is 0.800. The Hall–Kier alpha value is -0.840. The molecule has 0 aromatic carbocycles. The van der Waals surface area contributed by atoms with Crippen LogP contribution in [0.15, 0.2) is 19.8 Å². The van der Waals surface area contributed by atoms with Crippen LogP contribution in [-0.2, 0) is 5.67 Å². The summed E-state index contributed by atoms with van der Waals surface area (Å²) in [6, 6.07) is 1.36. The Morgan fingerprint density at radius 3 is 2.69 bits per heavy atom. The predicted octanol–water partition coefficient (Wildman–Crippen LogP) is 1.94. The summed E-state index contributed by atoms with van der Waals surface area (Å²) < 4.78 is 18.3. The van der Waals surface area contributed by atoms with E-state index in [1.807, 2.05) is 0 Å². The quantitative estimate of drug-likeness (QED) is 0.826. The van der Waals surface area contributed by atoms with E-state index in [1.165, 1.54) is 6.07 Å². The SMILES string of the molecule is Nc1cc(C2(F)CC2)oc(=O)c1Br. The Kier molecular flexibility index (Phi) is 1.73. The van der Waals surface area contributed by atoms with E-state index in [4.69, 9.17) is 10.2 Å². The normalized spacial score (nSPS) is 18.6. The van der Waals surface area contributed by atoms with E-state index in [0.717, 1.165) is 0 Å². The molecule has 1 heterocycles. The fraction of sp³-hybridized carbons (Fsp3) is 0.375. The third-order valence-electron chi connectivity index (χ3n) is 2.05. The maximum Gasteiger partial charge on any atom is 0.352 e. The van der Waals surface area contributed by atoms with Crippen molar-refractivity contribution < 1.29 is 8.81 Å². The maximum absolute atomic E-state index is 13.4. The van der Waals surface area contributed by atoms with Crippen molar-refractivity contribution >= 4 is 21.6 Å². The number of halogens is 2. The predicted molar refractivity (Wildman–Crippen MR) is 49.1 cm³/mol. The molecule has 1 aromatic rings. The zero-order valence-electron chi connectivity index (χ0n) is 6.64. The number of rotatable bonds is 1. The summed E-state index contributed by atoms with van der Waals surface area (Å²) in [6.45, 7) is 0. The van der Waals surface area contributed by atoms with Crippen molar-refractivity contribution in [3.05, 3.63) is 26.7 Å². The van der Waals surface area contributed by atoms with Gasteiger partial charge in [0.25, 0.3) is 0 Å². The second kappa shape index (κ2) is 2.57. The van der Waals surface area contributed by atoms with E-state index in [9.17, 15) is 9.18 Å². The molecule has 2 rings (SSSR count). The summed E-state index contributed by atoms with van der Waals surface area (Å²) in [7, 11) is 0. The van der Waals surface area contributed by atoms with Gasteiger partial charge in [-0.15, -0.1) is 0 Å². The van der Waals surface area contributed by atoms with Gasteiger partial charge in [0.1, 0.15) is 10.2 Å².